The number of nitrogens with zero attached hydrogens (tertiary/aromatic N) is 4. The molecule has 2 rings (SSSR count). The van der Waals surface area contributed by atoms with Crippen molar-refractivity contribution < 1.29 is 0 Å². The number of nitrogens with one attached hydrogen (secondary N) is 1. The summed E-state index contributed by atoms with van der Waals surface area (Å²) in [5, 5.41) is 3.34. The van der Waals surface area contributed by atoms with Crippen molar-refractivity contribution in [2.75, 3.05) is 23.8 Å². The molecule has 112 valence electrons. The number of aromatic nitrogens is 3. The zero-order chi connectivity index (χ0) is 14.5. The Bertz CT molecular complexity index is 432. The summed E-state index contributed by atoms with van der Waals surface area (Å²) in [4.78, 5) is 14.9. The van der Waals surface area contributed by atoms with Gasteiger partial charge in [0, 0.05) is 19.6 Å². The third kappa shape index (κ3) is 3.72. The Labute approximate surface area is 126 Å². The Morgan fingerprint density at radius 3 is 2.45 bits per heavy atom. The Balaban J connectivity index is 2.07. The predicted octanol–water partition coefficient (Wildman–Crippen LogP) is 3.36. The Morgan fingerprint density at radius 1 is 1.15 bits per heavy atom. The highest BCUT2D eigenvalue weighted by Gasteiger charge is 2.25. The van der Waals surface area contributed by atoms with Crippen molar-refractivity contribution >= 4 is 23.5 Å². The summed E-state index contributed by atoms with van der Waals surface area (Å²) in [6, 6.07) is 0.505. The van der Waals surface area contributed by atoms with Gasteiger partial charge >= 0.3 is 0 Å². The van der Waals surface area contributed by atoms with E-state index in [1.807, 2.05) is 6.92 Å². The van der Waals surface area contributed by atoms with Gasteiger partial charge in [-0.25, -0.2) is 0 Å². The van der Waals surface area contributed by atoms with Gasteiger partial charge in [-0.1, -0.05) is 13.3 Å². The number of hydrogen-bond donors (Lipinski definition) is 1. The Morgan fingerprint density at radius 2 is 1.85 bits per heavy atom. The molecule has 0 aromatic carbocycles. The maximum absolute atomic E-state index is 5.99. The van der Waals surface area contributed by atoms with Crippen LogP contribution in [0.5, 0.6) is 0 Å². The zero-order valence-electron chi connectivity index (χ0n) is 12.6. The fourth-order valence-corrected chi connectivity index (χ4v) is 2.99. The predicted molar refractivity (Wildman–Crippen MR) is 83.4 cm³/mol. The normalized spacial score (nSPS) is 22.6. The summed E-state index contributed by atoms with van der Waals surface area (Å²) >= 11 is 5.99. The largest absolute Gasteiger partial charge is 0.354 e. The molecule has 5 nitrogen and oxygen atoms in total. The molecule has 1 aromatic rings. The molecule has 0 spiro atoms. The van der Waals surface area contributed by atoms with Crippen LogP contribution in [-0.4, -0.2) is 34.6 Å². The SMILES string of the molecule is CCNc1nc(Cl)nc(N(C)C2CCC(CC)CC2)n1. The van der Waals surface area contributed by atoms with E-state index in [4.69, 9.17) is 11.6 Å². The average Bonchev–Trinajstić information content (AvgIpc) is 2.46. The first-order valence-electron chi connectivity index (χ1n) is 7.52. The van der Waals surface area contributed by atoms with E-state index in [1.54, 1.807) is 0 Å². The fraction of sp³-hybridized carbons (Fsp3) is 0.786. The molecule has 0 atom stereocenters. The molecule has 0 saturated heterocycles. The van der Waals surface area contributed by atoms with E-state index in [1.165, 1.54) is 32.1 Å². The summed E-state index contributed by atoms with van der Waals surface area (Å²) in [5.74, 6) is 2.11. The maximum atomic E-state index is 5.99. The first-order valence-corrected chi connectivity index (χ1v) is 7.90. The summed E-state index contributed by atoms with van der Waals surface area (Å²) < 4.78 is 0. The first-order chi connectivity index (χ1) is 9.63. The molecule has 1 fully saturated rings. The molecule has 1 aliphatic carbocycles. The van der Waals surface area contributed by atoms with Gasteiger partial charge in [-0.3, -0.25) is 0 Å². The van der Waals surface area contributed by atoms with Crippen LogP contribution in [0.2, 0.25) is 5.28 Å². The summed E-state index contributed by atoms with van der Waals surface area (Å²) in [6.45, 7) is 5.06. The molecule has 0 radical (unpaired) electrons. The van der Waals surface area contributed by atoms with Gasteiger partial charge in [0.15, 0.2) is 0 Å². The summed E-state index contributed by atoms with van der Waals surface area (Å²) in [5.41, 5.74) is 0. The van der Waals surface area contributed by atoms with Crippen LogP contribution in [0.1, 0.15) is 46.0 Å². The van der Waals surface area contributed by atoms with Crippen LogP contribution < -0.4 is 10.2 Å². The van der Waals surface area contributed by atoms with Gasteiger partial charge in [0.1, 0.15) is 0 Å². The molecule has 0 unspecified atom stereocenters. The Hall–Kier alpha value is -1.10. The van der Waals surface area contributed by atoms with E-state index >= 15 is 0 Å². The summed E-state index contributed by atoms with van der Waals surface area (Å²) in [6.07, 6.45) is 6.29. The minimum atomic E-state index is 0.250. The fourth-order valence-electron chi connectivity index (χ4n) is 2.84. The highest BCUT2D eigenvalue weighted by Crippen LogP contribution is 2.30. The quantitative estimate of drug-likeness (QED) is 0.903. The standard InChI is InChI=1S/C14H24ClN5/c1-4-10-6-8-11(9-7-10)20(3)14-18-12(15)17-13(19-14)16-5-2/h10-11H,4-9H2,1-3H3,(H,16,17,18,19). The first kappa shape index (κ1) is 15.3. The van der Waals surface area contributed by atoms with Gasteiger partial charge in [0.05, 0.1) is 0 Å². The highest BCUT2D eigenvalue weighted by atomic mass is 35.5. The lowest BCUT2D eigenvalue weighted by Gasteiger charge is -2.34. The van der Waals surface area contributed by atoms with E-state index in [9.17, 15) is 0 Å². The number of halogens is 1. The molecule has 1 heterocycles. The molecule has 6 heteroatoms. The van der Waals surface area contributed by atoms with Crippen LogP contribution >= 0.6 is 11.6 Å². The van der Waals surface area contributed by atoms with Crippen LogP contribution in [0.4, 0.5) is 11.9 Å². The van der Waals surface area contributed by atoms with Crippen molar-refractivity contribution in [1.82, 2.24) is 15.0 Å². The lowest BCUT2D eigenvalue weighted by atomic mass is 9.84. The van der Waals surface area contributed by atoms with E-state index in [2.05, 4.69) is 39.1 Å². The minimum Gasteiger partial charge on any atom is -0.354 e. The molecule has 20 heavy (non-hydrogen) atoms. The van der Waals surface area contributed by atoms with Crippen molar-refractivity contribution in [2.24, 2.45) is 5.92 Å². The van der Waals surface area contributed by atoms with Gasteiger partial charge in [0.2, 0.25) is 17.2 Å². The van der Waals surface area contributed by atoms with Crippen molar-refractivity contribution in [1.29, 1.82) is 0 Å². The van der Waals surface area contributed by atoms with Gasteiger partial charge < -0.3 is 10.2 Å². The van der Waals surface area contributed by atoms with E-state index < -0.39 is 0 Å². The van der Waals surface area contributed by atoms with Crippen LogP contribution in [0.3, 0.4) is 0 Å². The van der Waals surface area contributed by atoms with Crippen LogP contribution in [0, 0.1) is 5.92 Å². The lowest BCUT2D eigenvalue weighted by molar-refractivity contribution is 0.312. The molecule has 1 N–H and O–H groups in total. The van der Waals surface area contributed by atoms with Crippen molar-refractivity contribution in [2.45, 2.75) is 52.0 Å². The lowest BCUT2D eigenvalue weighted by Crippen LogP contribution is -2.36. The van der Waals surface area contributed by atoms with Crippen LogP contribution in [-0.2, 0) is 0 Å². The van der Waals surface area contributed by atoms with Gasteiger partial charge in [0.25, 0.3) is 0 Å². The van der Waals surface area contributed by atoms with E-state index in [0.717, 1.165) is 12.5 Å². The van der Waals surface area contributed by atoms with Crippen molar-refractivity contribution in [3.63, 3.8) is 0 Å². The molecule has 1 saturated carbocycles. The monoisotopic (exact) mass is 297 g/mol. The van der Waals surface area contributed by atoms with E-state index in [-0.39, 0.29) is 5.28 Å². The number of hydrogen-bond acceptors (Lipinski definition) is 5. The minimum absolute atomic E-state index is 0.250. The summed E-state index contributed by atoms with van der Waals surface area (Å²) in [7, 11) is 2.05. The van der Waals surface area contributed by atoms with Crippen LogP contribution in [0.25, 0.3) is 0 Å². The molecular weight excluding hydrogens is 274 g/mol. The third-order valence-electron chi connectivity index (χ3n) is 4.19. The average molecular weight is 298 g/mol. The third-order valence-corrected chi connectivity index (χ3v) is 4.36. The number of anilines is 2. The second-order valence-electron chi connectivity index (χ2n) is 5.45. The molecular formula is C14H24ClN5. The van der Waals surface area contributed by atoms with Gasteiger partial charge in [-0.15, -0.1) is 0 Å². The van der Waals surface area contributed by atoms with Gasteiger partial charge in [-0.2, -0.15) is 15.0 Å². The van der Waals surface area contributed by atoms with Gasteiger partial charge in [-0.05, 0) is 50.1 Å². The maximum Gasteiger partial charge on any atom is 0.231 e. The zero-order valence-corrected chi connectivity index (χ0v) is 13.3. The number of rotatable bonds is 5. The molecule has 0 aliphatic heterocycles. The molecule has 1 aromatic heterocycles. The van der Waals surface area contributed by atoms with Crippen LogP contribution in [0.15, 0.2) is 0 Å². The second-order valence-corrected chi connectivity index (χ2v) is 5.79. The van der Waals surface area contributed by atoms with E-state index in [0.29, 0.717) is 17.9 Å². The highest BCUT2D eigenvalue weighted by molar-refractivity contribution is 6.28. The smallest absolute Gasteiger partial charge is 0.231 e. The second kappa shape index (κ2) is 7.07. The van der Waals surface area contributed by atoms with Crippen molar-refractivity contribution in [3.8, 4) is 0 Å². The Kier molecular flexibility index (Phi) is 5.40. The molecule has 0 bridgehead atoms. The molecule has 0 amide bonds. The molecule has 1 aliphatic rings. The van der Waals surface area contributed by atoms with Crippen molar-refractivity contribution in [3.05, 3.63) is 5.28 Å². The topological polar surface area (TPSA) is 53.9 Å².